The van der Waals surface area contributed by atoms with Gasteiger partial charge in [0.15, 0.2) is 6.29 Å². The molecule has 0 aliphatic carbocycles. The Morgan fingerprint density at radius 1 is 1.40 bits per heavy atom. The molecule has 3 unspecified atom stereocenters. The Morgan fingerprint density at radius 3 is 2.60 bits per heavy atom. The van der Waals surface area contributed by atoms with Crippen molar-refractivity contribution < 1.29 is 14.6 Å². The number of hydrogen-bond acceptors (Lipinski definition) is 4. The third kappa shape index (κ3) is 3.41. The minimum absolute atomic E-state index is 0.0913. The van der Waals surface area contributed by atoms with Gasteiger partial charge in [0.25, 0.3) is 0 Å². The van der Waals surface area contributed by atoms with Gasteiger partial charge in [-0.15, -0.1) is 0 Å². The van der Waals surface area contributed by atoms with Gasteiger partial charge in [-0.3, -0.25) is 0 Å². The summed E-state index contributed by atoms with van der Waals surface area (Å²) >= 11 is 0. The minimum Gasteiger partial charge on any atom is -0.386 e. The Balaban J connectivity index is 2.47. The zero-order valence-electron chi connectivity index (χ0n) is 9.90. The number of piperidine rings is 1. The van der Waals surface area contributed by atoms with Crippen molar-refractivity contribution in [2.24, 2.45) is 5.92 Å². The Bertz CT molecular complexity index is 173. The van der Waals surface area contributed by atoms with Crippen LogP contribution in [0.2, 0.25) is 0 Å². The molecule has 0 radical (unpaired) electrons. The second-order valence-electron chi connectivity index (χ2n) is 4.19. The minimum atomic E-state index is -0.589. The Morgan fingerprint density at radius 2 is 2.07 bits per heavy atom. The Kier molecular flexibility index (Phi) is 5.53. The number of aliphatic hydroxyl groups is 1. The van der Waals surface area contributed by atoms with Gasteiger partial charge >= 0.3 is 0 Å². The second kappa shape index (κ2) is 6.43. The lowest BCUT2D eigenvalue weighted by Gasteiger charge is -2.35. The van der Waals surface area contributed by atoms with Crippen molar-refractivity contribution in [2.75, 3.05) is 20.8 Å². The van der Waals surface area contributed by atoms with E-state index in [1.165, 1.54) is 12.8 Å². The number of aliphatic hydroxyl groups excluding tert-OH is 1. The fraction of sp³-hybridized carbons (Fsp3) is 1.00. The van der Waals surface area contributed by atoms with Crippen LogP contribution in [0.25, 0.3) is 0 Å². The number of rotatable bonds is 5. The maximum atomic E-state index is 10.0. The number of nitrogens with one attached hydrogen (secondary N) is 1. The molecule has 0 amide bonds. The average Bonchev–Trinajstić information content (AvgIpc) is 2.30. The highest BCUT2D eigenvalue weighted by Crippen LogP contribution is 2.22. The Labute approximate surface area is 92.0 Å². The van der Waals surface area contributed by atoms with Crippen molar-refractivity contribution in [1.82, 2.24) is 5.32 Å². The third-order valence-electron chi connectivity index (χ3n) is 3.28. The van der Waals surface area contributed by atoms with E-state index in [9.17, 15) is 5.11 Å². The molecular formula is C11H23NO3. The topological polar surface area (TPSA) is 50.7 Å². The SMILES string of the molecule is CCC1CCNC(C(O)C(OC)OC)C1. The van der Waals surface area contributed by atoms with Gasteiger partial charge in [0.1, 0.15) is 6.10 Å². The third-order valence-corrected chi connectivity index (χ3v) is 3.28. The lowest BCUT2D eigenvalue weighted by Crippen LogP contribution is -2.51. The number of methoxy groups -OCH3 is 2. The summed E-state index contributed by atoms with van der Waals surface area (Å²) < 4.78 is 10.1. The van der Waals surface area contributed by atoms with Crippen molar-refractivity contribution in [3.05, 3.63) is 0 Å². The van der Waals surface area contributed by atoms with E-state index in [2.05, 4.69) is 12.2 Å². The van der Waals surface area contributed by atoms with Gasteiger partial charge in [0, 0.05) is 20.3 Å². The van der Waals surface area contributed by atoms with Crippen LogP contribution in [0.3, 0.4) is 0 Å². The van der Waals surface area contributed by atoms with E-state index in [-0.39, 0.29) is 6.04 Å². The van der Waals surface area contributed by atoms with Gasteiger partial charge < -0.3 is 19.9 Å². The van der Waals surface area contributed by atoms with Gasteiger partial charge in [-0.1, -0.05) is 13.3 Å². The summed E-state index contributed by atoms with van der Waals surface area (Å²) in [5, 5.41) is 13.4. The first-order chi connectivity index (χ1) is 7.22. The largest absolute Gasteiger partial charge is 0.386 e. The molecule has 0 spiro atoms. The van der Waals surface area contributed by atoms with Gasteiger partial charge in [-0.05, 0) is 25.3 Å². The van der Waals surface area contributed by atoms with Crippen molar-refractivity contribution >= 4 is 0 Å². The van der Waals surface area contributed by atoms with Crippen LogP contribution in [0.15, 0.2) is 0 Å². The lowest BCUT2D eigenvalue weighted by molar-refractivity contribution is -0.174. The molecule has 0 aromatic rings. The van der Waals surface area contributed by atoms with Crippen LogP contribution in [0, 0.1) is 5.92 Å². The standard InChI is InChI=1S/C11H23NO3/c1-4-8-5-6-12-9(7-8)10(13)11(14-2)15-3/h8-13H,4-7H2,1-3H3. The van der Waals surface area contributed by atoms with E-state index in [4.69, 9.17) is 9.47 Å². The summed E-state index contributed by atoms with van der Waals surface area (Å²) in [6.45, 7) is 3.17. The molecule has 1 aliphatic heterocycles. The first kappa shape index (κ1) is 12.9. The van der Waals surface area contributed by atoms with Crippen molar-refractivity contribution in [3.8, 4) is 0 Å². The van der Waals surface area contributed by atoms with E-state index in [0.717, 1.165) is 13.0 Å². The normalized spacial score (nSPS) is 29.4. The number of ether oxygens (including phenoxy) is 2. The molecular weight excluding hydrogens is 194 g/mol. The van der Waals surface area contributed by atoms with E-state index in [1.807, 2.05) is 0 Å². The zero-order valence-corrected chi connectivity index (χ0v) is 9.90. The van der Waals surface area contributed by atoms with Crippen LogP contribution in [0.1, 0.15) is 26.2 Å². The monoisotopic (exact) mass is 217 g/mol. The fourth-order valence-electron chi connectivity index (χ4n) is 2.23. The highest BCUT2D eigenvalue weighted by atomic mass is 16.7. The van der Waals surface area contributed by atoms with E-state index in [1.54, 1.807) is 14.2 Å². The molecule has 1 saturated heterocycles. The van der Waals surface area contributed by atoms with Gasteiger partial charge in [0.2, 0.25) is 0 Å². The average molecular weight is 217 g/mol. The van der Waals surface area contributed by atoms with Crippen LogP contribution in [0.5, 0.6) is 0 Å². The molecule has 4 nitrogen and oxygen atoms in total. The van der Waals surface area contributed by atoms with Crippen molar-refractivity contribution in [2.45, 2.75) is 44.6 Å². The quantitative estimate of drug-likeness (QED) is 0.667. The molecule has 1 rings (SSSR count). The number of hydrogen-bond donors (Lipinski definition) is 2. The van der Waals surface area contributed by atoms with Gasteiger partial charge in [0.05, 0.1) is 0 Å². The highest BCUT2D eigenvalue weighted by molar-refractivity contribution is 4.84. The molecule has 4 heteroatoms. The predicted octanol–water partition coefficient (Wildman–Crippen LogP) is 0.744. The fourth-order valence-corrected chi connectivity index (χ4v) is 2.23. The van der Waals surface area contributed by atoms with E-state index < -0.39 is 12.4 Å². The maximum absolute atomic E-state index is 10.0. The first-order valence-electron chi connectivity index (χ1n) is 5.70. The summed E-state index contributed by atoms with van der Waals surface area (Å²) in [5.41, 5.74) is 0. The van der Waals surface area contributed by atoms with Crippen LogP contribution < -0.4 is 5.32 Å². The Hall–Kier alpha value is -0.160. The van der Waals surface area contributed by atoms with Crippen molar-refractivity contribution in [1.29, 1.82) is 0 Å². The van der Waals surface area contributed by atoms with Crippen LogP contribution >= 0.6 is 0 Å². The molecule has 0 aromatic carbocycles. The molecule has 15 heavy (non-hydrogen) atoms. The molecule has 2 N–H and O–H groups in total. The molecule has 3 atom stereocenters. The van der Waals surface area contributed by atoms with Gasteiger partial charge in [-0.25, -0.2) is 0 Å². The smallest absolute Gasteiger partial charge is 0.184 e. The summed E-state index contributed by atoms with van der Waals surface area (Å²) in [6.07, 6.45) is 2.26. The first-order valence-corrected chi connectivity index (χ1v) is 5.70. The lowest BCUT2D eigenvalue weighted by atomic mass is 9.88. The summed E-state index contributed by atoms with van der Waals surface area (Å²) in [4.78, 5) is 0. The van der Waals surface area contributed by atoms with E-state index >= 15 is 0 Å². The van der Waals surface area contributed by atoms with Crippen molar-refractivity contribution in [3.63, 3.8) is 0 Å². The highest BCUT2D eigenvalue weighted by Gasteiger charge is 2.31. The molecule has 1 aliphatic rings. The summed E-state index contributed by atoms with van der Waals surface area (Å²) in [7, 11) is 3.11. The molecule has 0 saturated carbocycles. The molecule has 90 valence electrons. The van der Waals surface area contributed by atoms with Crippen LogP contribution in [-0.4, -0.2) is 44.3 Å². The van der Waals surface area contributed by atoms with Crippen LogP contribution in [0.4, 0.5) is 0 Å². The van der Waals surface area contributed by atoms with Crippen LogP contribution in [-0.2, 0) is 9.47 Å². The maximum Gasteiger partial charge on any atom is 0.184 e. The molecule has 0 bridgehead atoms. The van der Waals surface area contributed by atoms with Gasteiger partial charge in [-0.2, -0.15) is 0 Å². The molecule has 0 aromatic heterocycles. The summed E-state index contributed by atoms with van der Waals surface area (Å²) in [5.74, 6) is 0.709. The van der Waals surface area contributed by atoms with E-state index in [0.29, 0.717) is 5.92 Å². The second-order valence-corrected chi connectivity index (χ2v) is 4.19. The molecule has 1 fully saturated rings. The summed E-state index contributed by atoms with van der Waals surface area (Å²) in [6, 6.07) is 0.0913. The molecule has 1 heterocycles. The predicted molar refractivity (Wildman–Crippen MR) is 58.6 cm³/mol. The zero-order chi connectivity index (χ0) is 11.3.